The summed E-state index contributed by atoms with van der Waals surface area (Å²) in [7, 11) is 0. The maximum Gasteiger partial charge on any atom is 0.417 e. The van der Waals surface area contributed by atoms with E-state index >= 15 is 0 Å². The van der Waals surface area contributed by atoms with Crippen LogP contribution in [0.1, 0.15) is 28.4 Å². The van der Waals surface area contributed by atoms with Crippen LogP contribution in [0.4, 0.5) is 13.2 Å². The number of halogens is 3. The maximum absolute atomic E-state index is 12.5. The lowest BCUT2D eigenvalue weighted by Crippen LogP contribution is -2.12. The summed E-state index contributed by atoms with van der Waals surface area (Å²) in [5.41, 5.74) is -2.46. The Kier molecular flexibility index (Phi) is 2.90. The zero-order valence-electron chi connectivity index (χ0n) is 8.09. The Hall–Kier alpha value is -2.03. The summed E-state index contributed by atoms with van der Waals surface area (Å²) < 4.78 is 37.6. The number of nitriles is 1. The highest BCUT2D eigenvalue weighted by molar-refractivity contribution is 5.98. The quantitative estimate of drug-likeness (QED) is 0.752. The molecule has 0 spiro atoms. The molecule has 0 bridgehead atoms. The summed E-state index contributed by atoms with van der Waals surface area (Å²) in [6.45, 7) is 0.913. The number of hydrogen-bond acceptors (Lipinski definition) is 3. The van der Waals surface area contributed by atoms with Gasteiger partial charge in [0, 0.05) is 0 Å². The topological polar surface area (TPSA) is 61.1 Å². The van der Waals surface area contributed by atoms with Crippen molar-refractivity contribution in [2.75, 3.05) is 0 Å². The molecule has 16 heavy (non-hydrogen) atoms. The van der Waals surface area contributed by atoms with Crippen LogP contribution < -0.4 is 0 Å². The SMILES string of the molecule is CC(=O)c1c(O)cc(C#N)cc1C(F)(F)F. The number of carbonyl (C=O) groups excluding carboxylic acids is 1. The number of rotatable bonds is 1. The lowest BCUT2D eigenvalue weighted by molar-refractivity contribution is -0.138. The van der Waals surface area contributed by atoms with Gasteiger partial charge in [0.15, 0.2) is 5.78 Å². The number of carbonyl (C=O) groups is 1. The number of ketones is 1. The molecule has 0 aliphatic heterocycles. The molecular formula is C10H6F3NO2. The first kappa shape index (κ1) is 12.0. The fourth-order valence-electron chi connectivity index (χ4n) is 1.28. The molecule has 0 saturated carbocycles. The van der Waals surface area contributed by atoms with Crippen LogP contribution in [0.2, 0.25) is 0 Å². The molecule has 0 aliphatic carbocycles. The highest BCUT2D eigenvalue weighted by atomic mass is 19.4. The third kappa shape index (κ3) is 2.14. The van der Waals surface area contributed by atoms with Gasteiger partial charge in [0.1, 0.15) is 5.75 Å². The van der Waals surface area contributed by atoms with E-state index in [9.17, 15) is 23.1 Å². The van der Waals surface area contributed by atoms with E-state index in [-0.39, 0.29) is 5.56 Å². The molecule has 0 aliphatic rings. The van der Waals surface area contributed by atoms with Crippen LogP contribution in [-0.4, -0.2) is 10.9 Å². The number of aromatic hydroxyl groups is 1. The van der Waals surface area contributed by atoms with Crippen molar-refractivity contribution in [2.45, 2.75) is 13.1 Å². The van der Waals surface area contributed by atoms with Crippen molar-refractivity contribution < 1.29 is 23.1 Å². The Labute approximate surface area is 88.7 Å². The first-order chi connectivity index (χ1) is 7.27. The van der Waals surface area contributed by atoms with E-state index in [0.717, 1.165) is 13.0 Å². The lowest BCUT2D eigenvalue weighted by Gasteiger charge is -2.12. The van der Waals surface area contributed by atoms with Crippen LogP contribution in [0.3, 0.4) is 0 Å². The molecule has 1 aromatic carbocycles. The summed E-state index contributed by atoms with van der Waals surface area (Å²) in [6.07, 6.45) is -4.79. The van der Waals surface area contributed by atoms with E-state index in [0.29, 0.717) is 6.07 Å². The maximum atomic E-state index is 12.5. The second-order valence-corrected chi connectivity index (χ2v) is 3.08. The zero-order chi connectivity index (χ0) is 12.5. The van der Waals surface area contributed by atoms with E-state index in [1.807, 2.05) is 0 Å². The highest BCUT2D eigenvalue weighted by Gasteiger charge is 2.36. The van der Waals surface area contributed by atoms with Gasteiger partial charge in [-0.15, -0.1) is 0 Å². The van der Waals surface area contributed by atoms with Crippen molar-refractivity contribution >= 4 is 5.78 Å². The van der Waals surface area contributed by atoms with Gasteiger partial charge in [-0.25, -0.2) is 0 Å². The Bertz CT molecular complexity index is 486. The normalized spacial score (nSPS) is 10.9. The van der Waals surface area contributed by atoms with E-state index in [4.69, 9.17) is 5.26 Å². The van der Waals surface area contributed by atoms with Gasteiger partial charge in [-0.2, -0.15) is 18.4 Å². The molecule has 0 amide bonds. The number of benzene rings is 1. The van der Waals surface area contributed by atoms with Gasteiger partial charge in [0.25, 0.3) is 0 Å². The Balaban J connectivity index is 3.61. The smallest absolute Gasteiger partial charge is 0.417 e. The summed E-state index contributed by atoms with van der Waals surface area (Å²) in [6, 6.07) is 2.84. The predicted octanol–water partition coefficient (Wildman–Crippen LogP) is 2.49. The molecule has 0 atom stereocenters. The zero-order valence-corrected chi connectivity index (χ0v) is 8.09. The van der Waals surface area contributed by atoms with Crippen LogP contribution in [0.15, 0.2) is 12.1 Å². The first-order valence-electron chi connectivity index (χ1n) is 4.12. The summed E-state index contributed by atoms with van der Waals surface area (Å²) in [5.74, 6) is -1.74. The Morgan fingerprint density at radius 1 is 1.44 bits per heavy atom. The van der Waals surface area contributed by atoms with Gasteiger partial charge < -0.3 is 5.11 Å². The van der Waals surface area contributed by atoms with Gasteiger partial charge in [0.2, 0.25) is 0 Å². The first-order valence-corrected chi connectivity index (χ1v) is 4.12. The fraction of sp³-hybridized carbons (Fsp3) is 0.200. The fourth-order valence-corrected chi connectivity index (χ4v) is 1.28. The minimum absolute atomic E-state index is 0.352. The minimum atomic E-state index is -4.79. The second kappa shape index (κ2) is 3.85. The third-order valence-electron chi connectivity index (χ3n) is 1.90. The van der Waals surface area contributed by atoms with Crippen LogP contribution in [0, 0.1) is 11.3 Å². The van der Waals surface area contributed by atoms with Crippen LogP contribution in [0.5, 0.6) is 5.75 Å². The van der Waals surface area contributed by atoms with Gasteiger partial charge in [-0.05, 0) is 19.1 Å². The lowest BCUT2D eigenvalue weighted by atomic mass is 10.00. The van der Waals surface area contributed by atoms with Crippen LogP contribution in [0.25, 0.3) is 0 Å². The third-order valence-corrected chi connectivity index (χ3v) is 1.90. The molecule has 0 fully saturated rings. The average molecular weight is 229 g/mol. The molecule has 3 nitrogen and oxygen atoms in total. The van der Waals surface area contributed by atoms with E-state index in [1.54, 1.807) is 0 Å². The standard InChI is InChI=1S/C10H6F3NO2/c1-5(15)9-7(10(11,12)13)2-6(4-14)3-8(9)16/h2-3,16H,1H3. The summed E-state index contributed by atoms with van der Waals surface area (Å²) in [4.78, 5) is 11.0. The Morgan fingerprint density at radius 3 is 2.38 bits per heavy atom. The van der Waals surface area contributed by atoms with Gasteiger partial charge >= 0.3 is 6.18 Å². The molecule has 0 radical (unpaired) electrons. The van der Waals surface area contributed by atoms with Crippen LogP contribution >= 0.6 is 0 Å². The van der Waals surface area contributed by atoms with Gasteiger partial charge in [0.05, 0.1) is 22.8 Å². The Morgan fingerprint density at radius 2 is 2.00 bits per heavy atom. The molecule has 0 aromatic heterocycles. The number of phenolic OH excluding ortho intramolecular Hbond substituents is 1. The monoisotopic (exact) mass is 229 g/mol. The molecule has 84 valence electrons. The van der Waals surface area contributed by atoms with Gasteiger partial charge in [-0.3, -0.25) is 4.79 Å². The van der Waals surface area contributed by atoms with Crippen molar-refractivity contribution in [3.8, 4) is 11.8 Å². The number of phenols is 1. The predicted molar refractivity (Wildman–Crippen MR) is 47.8 cm³/mol. The molecule has 0 unspecified atom stereocenters. The minimum Gasteiger partial charge on any atom is -0.507 e. The molecule has 6 heteroatoms. The molecule has 1 N–H and O–H groups in total. The molecular weight excluding hydrogens is 223 g/mol. The summed E-state index contributed by atoms with van der Waals surface area (Å²) in [5, 5.41) is 17.7. The van der Waals surface area contributed by atoms with E-state index in [1.165, 1.54) is 6.07 Å². The van der Waals surface area contributed by atoms with Crippen molar-refractivity contribution in [3.63, 3.8) is 0 Å². The summed E-state index contributed by atoms with van der Waals surface area (Å²) >= 11 is 0. The largest absolute Gasteiger partial charge is 0.507 e. The highest BCUT2D eigenvalue weighted by Crippen LogP contribution is 2.36. The second-order valence-electron chi connectivity index (χ2n) is 3.08. The van der Waals surface area contributed by atoms with Gasteiger partial charge in [-0.1, -0.05) is 0 Å². The van der Waals surface area contributed by atoms with Crippen molar-refractivity contribution in [2.24, 2.45) is 0 Å². The molecule has 0 heterocycles. The van der Waals surface area contributed by atoms with Crippen molar-refractivity contribution in [3.05, 3.63) is 28.8 Å². The molecule has 1 aromatic rings. The molecule has 1 rings (SSSR count). The van der Waals surface area contributed by atoms with Crippen molar-refractivity contribution in [1.82, 2.24) is 0 Å². The number of alkyl halides is 3. The van der Waals surface area contributed by atoms with E-state index < -0.39 is 28.8 Å². The molecule has 0 saturated heterocycles. The number of nitrogens with zero attached hydrogens (tertiary/aromatic N) is 1. The van der Waals surface area contributed by atoms with Crippen LogP contribution in [-0.2, 0) is 6.18 Å². The number of hydrogen-bond donors (Lipinski definition) is 1. The average Bonchev–Trinajstić information content (AvgIpc) is 2.14. The number of Topliss-reactive ketones (excluding diaryl/α,β-unsaturated/α-hetero) is 1. The van der Waals surface area contributed by atoms with E-state index in [2.05, 4.69) is 0 Å². The van der Waals surface area contributed by atoms with Crippen molar-refractivity contribution in [1.29, 1.82) is 5.26 Å².